The number of hydrogen-bond acceptors (Lipinski definition) is 3. The van der Waals surface area contributed by atoms with E-state index in [1.807, 2.05) is 0 Å². The van der Waals surface area contributed by atoms with Gasteiger partial charge in [-0.25, -0.2) is 4.79 Å². The van der Waals surface area contributed by atoms with Gasteiger partial charge in [0.05, 0.1) is 13.2 Å². The largest absolute Gasteiger partial charge is 0.401 e. The van der Waals surface area contributed by atoms with E-state index in [1.54, 1.807) is 0 Å². The Labute approximate surface area is 97.0 Å². The Balaban J connectivity index is 2.24. The Morgan fingerprint density at radius 1 is 1.47 bits per heavy atom. The topological polar surface area (TPSA) is 64.6 Å². The number of nitrogens with one attached hydrogen (secondary N) is 2. The minimum atomic E-state index is -4.20. The number of halogens is 3. The van der Waals surface area contributed by atoms with E-state index in [0.29, 0.717) is 13.0 Å². The standard InChI is InChI=1S/C9H16F3N3O2/c10-9(11,12)6-15-3-1-7(5-15)14-8(17)13-2-4-16/h7,16H,1-6H2,(H2,13,14,17). The molecule has 1 aliphatic rings. The lowest BCUT2D eigenvalue weighted by Crippen LogP contribution is -2.44. The van der Waals surface area contributed by atoms with Crippen LogP contribution in [-0.2, 0) is 0 Å². The maximum atomic E-state index is 12.1. The zero-order valence-electron chi connectivity index (χ0n) is 9.26. The lowest BCUT2D eigenvalue weighted by Gasteiger charge is -2.18. The maximum Gasteiger partial charge on any atom is 0.401 e. The molecule has 1 saturated heterocycles. The summed E-state index contributed by atoms with van der Waals surface area (Å²) in [7, 11) is 0. The molecule has 17 heavy (non-hydrogen) atoms. The Bertz CT molecular complexity index is 260. The highest BCUT2D eigenvalue weighted by Crippen LogP contribution is 2.19. The number of alkyl halides is 3. The van der Waals surface area contributed by atoms with Crippen LogP contribution in [0, 0.1) is 0 Å². The molecule has 1 atom stereocenters. The molecule has 0 saturated carbocycles. The SMILES string of the molecule is O=C(NCCO)NC1CCN(CC(F)(F)F)C1. The summed E-state index contributed by atoms with van der Waals surface area (Å²) in [6.45, 7) is -0.455. The Morgan fingerprint density at radius 2 is 2.18 bits per heavy atom. The lowest BCUT2D eigenvalue weighted by molar-refractivity contribution is -0.143. The second-order valence-electron chi connectivity index (χ2n) is 3.96. The quantitative estimate of drug-likeness (QED) is 0.658. The molecule has 1 aliphatic heterocycles. The number of aliphatic hydroxyl groups is 1. The molecule has 1 rings (SSSR count). The van der Waals surface area contributed by atoms with Gasteiger partial charge in [0, 0.05) is 25.7 Å². The second-order valence-corrected chi connectivity index (χ2v) is 3.96. The first-order valence-corrected chi connectivity index (χ1v) is 5.35. The van der Waals surface area contributed by atoms with E-state index in [2.05, 4.69) is 10.6 Å². The predicted molar refractivity (Wildman–Crippen MR) is 54.5 cm³/mol. The third kappa shape index (κ3) is 5.73. The summed E-state index contributed by atoms with van der Waals surface area (Å²) in [6.07, 6.45) is -3.70. The van der Waals surface area contributed by atoms with E-state index in [1.165, 1.54) is 4.90 Å². The first kappa shape index (κ1) is 14.0. The summed E-state index contributed by atoms with van der Waals surface area (Å²) < 4.78 is 36.3. The zero-order valence-corrected chi connectivity index (χ0v) is 9.26. The van der Waals surface area contributed by atoms with Crippen molar-refractivity contribution in [3.63, 3.8) is 0 Å². The average molecular weight is 255 g/mol. The summed E-state index contributed by atoms with van der Waals surface area (Å²) in [5.74, 6) is 0. The molecule has 2 amide bonds. The van der Waals surface area contributed by atoms with Gasteiger partial charge in [-0.1, -0.05) is 0 Å². The molecular formula is C9H16F3N3O2. The first-order chi connectivity index (χ1) is 7.90. The van der Waals surface area contributed by atoms with Crippen LogP contribution in [0.3, 0.4) is 0 Å². The summed E-state index contributed by atoms with van der Waals surface area (Å²) in [5.41, 5.74) is 0. The van der Waals surface area contributed by atoms with Crippen molar-refractivity contribution >= 4 is 6.03 Å². The molecule has 1 heterocycles. The third-order valence-corrected chi connectivity index (χ3v) is 2.41. The van der Waals surface area contributed by atoms with Gasteiger partial charge < -0.3 is 15.7 Å². The van der Waals surface area contributed by atoms with Crippen LogP contribution in [0.15, 0.2) is 0 Å². The minimum absolute atomic E-state index is 0.130. The number of aliphatic hydroxyl groups excluding tert-OH is 1. The van der Waals surface area contributed by atoms with Crippen LogP contribution in [0.25, 0.3) is 0 Å². The van der Waals surface area contributed by atoms with E-state index in [9.17, 15) is 18.0 Å². The van der Waals surface area contributed by atoms with E-state index in [-0.39, 0.29) is 25.7 Å². The molecule has 3 N–H and O–H groups in total. The summed E-state index contributed by atoms with van der Waals surface area (Å²) in [6, 6.07) is -0.728. The number of urea groups is 1. The van der Waals surface area contributed by atoms with Gasteiger partial charge in [0.25, 0.3) is 0 Å². The highest BCUT2D eigenvalue weighted by atomic mass is 19.4. The number of likely N-dealkylation sites (tertiary alicyclic amines) is 1. The van der Waals surface area contributed by atoms with Gasteiger partial charge in [-0.2, -0.15) is 13.2 Å². The molecular weight excluding hydrogens is 239 g/mol. The van der Waals surface area contributed by atoms with E-state index in [0.717, 1.165) is 0 Å². The van der Waals surface area contributed by atoms with Gasteiger partial charge in [0.1, 0.15) is 0 Å². The smallest absolute Gasteiger partial charge is 0.395 e. The molecule has 0 spiro atoms. The van der Waals surface area contributed by atoms with Crippen molar-refractivity contribution in [3.8, 4) is 0 Å². The molecule has 8 heteroatoms. The van der Waals surface area contributed by atoms with Crippen molar-refractivity contribution < 1.29 is 23.1 Å². The first-order valence-electron chi connectivity index (χ1n) is 5.35. The number of carbonyl (C=O) groups excluding carboxylic acids is 1. The van der Waals surface area contributed by atoms with Crippen LogP contribution in [0.2, 0.25) is 0 Å². The predicted octanol–water partition coefficient (Wildman–Crippen LogP) is -0.0855. The third-order valence-electron chi connectivity index (χ3n) is 2.41. The molecule has 1 unspecified atom stereocenters. The average Bonchev–Trinajstić information content (AvgIpc) is 2.59. The van der Waals surface area contributed by atoms with Crippen LogP contribution in [-0.4, -0.2) is 61.0 Å². The summed E-state index contributed by atoms with van der Waals surface area (Å²) >= 11 is 0. The highest BCUT2D eigenvalue weighted by molar-refractivity contribution is 5.74. The minimum Gasteiger partial charge on any atom is -0.395 e. The van der Waals surface area contributed by atoms with Crippen molar-refractivity contribution in [3.05, 3.63) is 0 Å². The fraction of sp³-hybridized carbons (Fsp3) is 0.889. The van der Waals surface area contributed by atoms with E-state index >= 15 is 0 Å². The Kier molecular flexibility index (Phi) is 5.01. The fourth-order valence-corrected chi connectivity index (χ4v) is 1.75. The van der Waals surface area contributed by atoms with Gasteiger partial charge in [-0.05, 0) is 6.42 Å². The van der Waals surface area contributed by atoms with Crippen LogP contribution in [0.1, 0.15) is 6.42 Å². The molecule has 0 bridgehead atoms. The molecule has 0 aromatic carbocycles. The van der Waals surface area contributed by atoms with Crippen molar-refractivity contribution in [1.29, 1.82) is 0 Å². The Morgan fingerprint density at radius 3 is 2.76 bits per heavy atom. The van der Waals surface area contributed by atoms with Gasteiger partial charge in [-0.3, -0.25) is 4.90 Å². The van der Waals surface area contributed by atoms with Gasteiger partial charge in [-0.15, -0.1) is 0 Å². The molecule has 0 aliphatic carbocycles. The summed E-state index contributed by atoms with van der Waals surface area (Å²) in [5, 5.41) is 13.4. The number of amides is 2. The highest BCUT2D eigenvalue weighted by Gasteiger charge is 2.34. The zero-order chi connectivity index (χ0) is 12.9. The van der Waals surface area contributed by atoms with Crippen LogP contribution >= 0.6 is 0 Å². The van der Waals surface area contributed by atoms with E-state index in [4.69, 9.17) is 5.11 Å². The number of carbonyl (C=O) groups is 1. The lowest BCUT2D eigenvalue weighted by atomic mass is 10.3. The normalized spacial score (nSPS) is 21.5. The van der Waals surface area contributed by atoms with Crippen molar-refractivity contribution in [2.24, 2.45) is 0 Å². The number of nitrogens with zero attached hydrogens (tertiary/aromatic N) is 1. The summed E-state index contributed by atoms with van der Waals surface area (Å²) in [4.78, 5) is 12.4. The molecule has 5 nitrogen and oxygen atoms in total. The van der Waals surface area contributed by atoms with Gasteiger partial charge >= 0.3 is 12.2 Å². The van der Waals surface area contributed by atoms with Crippen LogP contribution < -0.4 is 10.6 Å². The van der Waals surface area contributed by atoms with Crippen molar-refractivity contribution in [2.45, 2.75) is 18.6 Å². The fourth-order valence-electron chi connectivity index (χ4n) is 1.75. The molecule has 100 valence electrons. The Hall–Kier alpha value is -1.02. The molecule has 1 fully saturated rings. The van der Waals surface area contributed by atoms with Crippen molar-refractivity contribution in [1.82, 2.24) is 15.5 Å². The van der Waals surface area contributed by atoms with Crippen molar-refractivity contribution in [2.75, 3.05) is 32.8 Å². The maximum absolute atomic E-state index is 12.1. The molecule has 0 aromatic rings. The van der Waals surface area contributed by atoms with Crippen LogP contribution in [0.5, 0.6) is 0 Å². The molecule has 0 radical (unpaired) electrons. The monoisotopic (exact) mass is 255 g/mol. The van der Waals surface area contributed by atoms with E-state index < -0.39 is 18.8 Å². The second kappa shape index (κ2) is 6.06. The van der Waals surface area contributed by atoms with Gasteiger partial charge in [0.15, 0.2) is 0 Å². The number of rotatable bonds is 4. The molecule has 0 aromatic heterocycles. The van der Waals surface area contributed by atoms with Gasteiger partial charge in [0.2, 0.25) is 0 Å². The number of hydrogen-bond donors (Lipinski definition) is 3. The van der Waals surface area contributed by atoms with Crippen LogP contribution in [0.4, 0.5) is 18.0 Å².